The number of fused-ring (bicyclic) bond motifs is 1. The third-order valence-corrected chi connectivity index (χ3v) is 6.78. The van der Waals surface area contributed by atoms with Gasteiger partial charge in [0, 0.05) is 30.8 Å². The average Bonchev–Trinajstić information content (AvgIpc) is 3.27. The van der Waals surface area contributed by atoms with Crippen LogP contribution in [0.1, 0.15) is 81.4 Å². The molecule has 8 nitrogen and oxygen atoms in total. The Morgan fingerprint density at radius 1 is 1.21 bits per heavy atom. The third kappa shape index (κ3) is 5.33. The van der Waals surface area contributed by atoms with Gasteiger partial charge in [-0.2, -0.15) is 0 Å². The molecule has 2 N–H and O–H groups in total. The molecular weight excluding hydrogens is 416 g/mol. The molecule has 1 saturated carbocycles. The molecule has 1 aliphatic carbocycles. The number of H-pyrrole nitrogens is 1. The molecule has 0 aliphatic heterocycles. The predicted molar refractivity (Wildman–Crippen MR) is 129 cm³/mol. The number of nitrogens with zero attached hydrogens (tertiary/aromatic N) is 5. The van der Waals surface area contributed by atoms with Crippen LogP contribution in [0, 0.1) is 12.8 Å². The number of pyridine rings is 1. The topological polar surface area (TPSA) is 99.9 Å². The van der Waals surface area contributed by atoms with E-state index in [2.05, 4.69) is 52.2 Å². The van der Waals surface area contributed by atoms with Crippen molar-refractivity contribution in [2.45, 2.75) is 77.9 Å². The van der Waals surface area contributed by atoms with Gasteiger partial charge >= 0.3 is 0 Å². The van der Waals surface area contributed by atoms with E-state index >= 15 is 0 Å². The zero-order valence-electron chi connectivity index (χ0n) is 20.0. The lowest BCUT2D eigenvalue weighted by Crippen LogP contribution is -2.37. The first-order valence-electron chi connectivity index (χ1n) is 12.2. The Bertz CT molecular complexity index is 1120. The number of aromatic amines is 1. The highest BCUT2D eigenvalue weighted by Gasteiger charge is 2.32. The Balaban J connectivity index is 1.70. The molecule has 3 aromatic rings. The lowest BCUT2D eigenvalue weighted by Gasteiger charge is -2.34. The number of aryl methyl sites for hydroxylation is 1. The minimum absolute atomic E-state index is 0.0546. The molecule has 0 radical (unpaired) electrons. The third-order valence-electron chi connectivity index (χ3n) is 6.78. The van der Waals surface area contributed by atoms with E-state index in [0.29, 0.717) is 31.1 Å². The highest BCUT2D eigenvalue weighted by molar-refractivity contribution is 5.79. The van der Waals surface area contributed by atoms with Gasteiger partial charge in [0.1, 0.15) is 0 Å². The summed E-state index contributed by atoms with van der Waals surface area (Å²) in [5.41, 5.74) is 2.64. The van der Waals surface area contributed by atoms with E-state index in [4.69, 9.17) is 0 Å². The van der Waals surface area contributed by atoms with Gasteiger partial charge in [0.15, 0.2) is 5.82 Å². The number of aliphatic hydroxyl groups excluding tert-OH is 1. The van der Waals surface area contributed by atoms with E-state index < -0.39 is 0 Å². The number of aromatic nitrogens is 5. The largest absolute Gasteiger partial charge is 0.396 e. The lowest BCUT2D eigenvalue weighted by molar-refractivity contribution is 0.118. The molecule has 8 heteroatoms. The standard InChI is InChI=1S/C25H36N6O2/c1-17(2)23(24-27-28-29-31(24)21-8-5-4-6-9-21)30(12-7-13-32)16-20-15-19-14-18(3)10-11-22(19)26-25(20)33/h10-11,14-15,17,21,23,32H,4-9,12-13,16H2,1-3H3,(H,26,33)/t23-/m0/s1. The Morgan fingerprint density at radius 2 is 2.00 bits per heavy atom. The highest BCUT2D eigenvalue weighted by Crippen LogP contribution is 2.34. The van der Waals surface area contributed by atoms with E-state index in [1.54, 1.807) is 0 Å². The summed E-state index contributed by atoms with van der Waals surface area (Å²) in [5, 5.41) is 23.5. The zero-order valence-corrected chi connectivity index (χ0v) is 20.0. The fourth-order valence-electron chi connectivity index (χ4n) is 5.16. The van der Waals surface area contributed by atoms with Gasteiger partial charge in [-0.3, -0.25) is 9.69 Å². The number of aliphatic hydroxyl groups is 1. The highest BCUT2D eigenvalue weighted by atomic mass is 16.3. The average molecular weight is 453 g/mol. The van der Waals surface area contributed by atoms with E-state index in [9.17, 15) is 9.90 Å². The molecule has 0 unspecified atom stereocenters. The summed E-state index contributed by atoms with van der Waals surface area (Å²) in [6.07, 6.45) is 6.51. The van der Waals surface area contributed by atoms with Crippen LogP contribution in [0.3, 0.4) is 0 Å². The summed E-state index contributed by atoms with van der Waals surface area (Å²) in [4.78, 5) is 18.2. The van der Waals surface area contributed by atoms with Crippen LogP contribution in [0.25, 0.3) is 10.9 Å². The number of hydrogen-bond acceptors (Lipinski definition) is 6. The molecule has 178 valence electrons. The zero-order chi connectivity index (χ0) is 23.4. The van der Waals surface area contributed by atoms with Crippen LogP contribution < -0.4 is 5.56 Å². The monoisotopic (exact) mass is 452 g/mol. The Hall–Kier alpha value is -2.58. The minimum atomic E-state index is -0.0743. The molecule has 2 heterocycles. The number of rotatable bonds is 9. The molecule has 33 heavy (non-hydrogen) atoms. The van der Waals surface area contributed by atoms with E-state index in [0.717, 1.165) is 35.1 Å². The Morgan fingerprint density at radius 3 is 2.73 bits per heavy atom. The molecular formula is C25H36N6O2. The smallest absolute Gasteiger partial charge is 0.252 e. The maximum Gasteiger partial charge on any atom is 0.252 e. The fraction of sp³-hybridized carbons (Fsp3) is 0.600. The number of hydrogen-bond donors (Lipinski definition) is 2. The molecule has 0 amide bonds. The van der Waals surface area contributed by atoms with Crippen molar-refractivity contribution in [3.63, 3.8) is 0 Å². The van der Waals surface area contributed by atoms with Crippen molar-refractivity contribution in [2.24, 2.45) is 5.92 Å². The summed E-state index contributed by atoms with van der Waals surface area (Å²) in [7, 11) is 0. The fourth-order valence-corrected chi connectivity index (χ4v) is 5.16. The first-order valence-corrected chi connectivity index (χ1v) is 12.2. The number of nitrogens with one attached hydrogen (secondary N) is 1. The van der Waals surface area contributed by atoms with Crippen molar-refractivity contribution in [1.82, 2.24) is 30.1 Å². The van der Waals surface area contributed by atoms with Crippen LogP contribution in [0.4, 0.5) is 0 Å². The molecule has 0 spiro atoms. The van der Waals surface area contributed by atoms with Gasteiger partial charge in [0.05, 0.1) is 12.1 Å². The van der Waals surface area contributed by atoms with Crippen LogP contribution in [0.2, 0.25) is 0 Å². The van der Waals surface area contributed by atoms with Crippen molar-refractivity contribution < 1.29 is 5.11 Å². The van der Waals surface area contributed by atoms with Gasteiger partial charge in [-0.1, -0.05) is 44.7 Å². The number of tetrazole rings is 1. The first kappa shape index (κ1) is 23.6. The molecule has 1 atom stereocenters. The van der Waals surface area contributed by atoms with Crippen molar-refractivity contribution >= 4 is 10.9 Å². The maximum atomic E-state index is 12.9. The maximum absolute atomic E-state index is 12.9. The summed E-state index contributed by atoms with van der Waals surface area (Å²) >= 11 is 0. The first-order chi connectivity index (χ1) is 16.0. The van der Waals surface area contributed by atoms with Gasteiger partial charge in [0.25, 0.3) is 5.56 Å². The Kier molecular flexibility index (Phi) is 7.55. The van der Waals surface area contributed by atoms with Crippen molar-refractivity contribution in [1.29, 1.82) is 0 Å². The van der Waals surface area contributed by atoms with Crippen molar-refractivity contribution in [3.8, 4) is 0 Å². The normalized spacial score (nSPS) is 16.2. The molecule has 1 aliphatic rings. The predicted octanol–water partition coefficient (Wildman–Crippen LogP) is 3.91. The second-order valence-corrected chi connectivity index (χ2v) is 9.72. The molecule has 1 fully saturated rings. The van der Waals surface area contributed by atoms with Gasteiger partial charge in [-0.05, 0) is 66.1 Å². The van der Waals surface area contributed by atoms with Crippen molar-refractivity contribution in [2.75, 3.05) is 13.2 Å². The second-order valence-electron chi connectivity index (χ2n) is 9.72. The lowest BCUT2D eigenvalue weighted by atomic mass is 9.94. The molecule has 0 bridgehead atoms. The molecule has 1 aromatic carbocycles. The summed E-state index contributed by atoms with van der Waals surface area (Å²) < 4.78 is 2.03. The van der Waals surface area contributed by atoms with Crippen LogP contribution in [-0.2, 0) is 6.54 Å². The molecule has 0 saturated heterocycles. The SMILES string of the molecule is Cc1ccc2[nH]c(=O)c(CN(CCCO)[C@H](c3nnnn3C3CCCCC3)C(C)C)cc2c1. The van der Waals surface area contributed by atoms with Gasteiger partial charge < -0.3 is 10.1 Å². The quantitative estimate of drug-likeness (QED) is 0.511. The molecule has 2 aromatic heterocycles. The van der Waals surface area contributed by atoms with Crippen LogP contribution in [0.5, 0.6) is 0 Å². The van der Waals surface area contributed by atoms with E-state index in [-0.39, 0.29) is 24.1 Å². The van der Waals surface area contributed by atoms with Crippen molar-refractivity contribution in [3.05, 3.63) is 51.6 Å². The van der Waals surface area contributed by atoms with Crippen LogP contribution in [0.15, 0.2) is 29.1 Å². The number of benzene rings is 1. The summed E-state index contributed by atoms with van der Waals surface area (Å²) in [6, 6.07) is 8.32. The van der Waals surface area contributed by atoms with E-state index in [1.165, 1.54) is 19.3 Å². The van der Waals surface area contributed by atoms with Gasteiger partial charge in [0.2, 0.25) is 0 Å². The van der Waals surface area contributed by atoms with E-state index in [1.807, 2.05) is 22.9 Å². The Labute approximate surface area is 195 Å². The van der Waals surface area contributed by atoms with Gasteiger partial charge in [-0.15, -0.1) is 5.10 Å². The second kappa shape index (κ2) is 10.6. The van der Waals surface area contributed by atoms with Crippen LogP contribution in [-0.4, -0.2) is 48.3 Å². The van der Waals surface area contributed by atoms with Crippen LogP contribution >= 0.6 is 0 Å². The van der Waals surface area contributed by atoms with Gasteiger partial charge in [-0.25, -0.2) is 4.68 Å². The minimum Gasteiger partial charge on any atom is -0.396 e. The summed E-state index contributed by atoms with van der Waals surface area (Å²) in [6.45, 7) is 7.62. The summed E-state index contributed by atoms with van der Waals surface area (Å²) in [5.74, 6) is 1.10. The molecule has 4 rings (SSSR count).